The zero-order valence-electron chi connectivity index (χ0n) is 10.6. The molecule has 0 saturated carbocycles. The van der Waals surface area contributed by atoms with Crippen LogP contribution >= 0.6 is 0 Å². The molecular formula is C14H15N3O2. The highest BCUT2D eigenvalue weighted by atomic mass is 16.5. The number of pyridine rings is 1. The summed E-state index contributed by atoms with van der Waals surface area (Å²) in [6, 6.07) is 7.93. The summed E-state index contributed by atoms with van der Waals surface area (Å²) in [6.07, 6.45) is 2.25. The van der Waals surface area contributed by atoms with Crippen LogP contribution in [0.3, 0.4) is 0 Å². The first-order chi connectivity index (χ1) is 9.26. The maximum absolute atomic E-state index is 11.2. The molecule has 0 aliphatic carbocycles. The van der Waals surface area contributed by atoms with Gasteiger partial charge in [0.25, 0.3) is 0 Å². The van der Waals surface area contributed by atoms with E-state index < -0.39 is 0 Å². The molecule has 0 spiro atoms. The number of methoxy groups -OCH3 is 1. The number of carbonyl (C=O) groups is 1. The number of fused-ring (bicyclic) bond motifs is 1. The zero-order chi connectivity index (χ0) is 13.2. The van der Waals surface area contributed by atoms with Crippen molar-refractivity contribution in [2.75, 3.05) is 19.0 Å². The molecule has 1 aromatic carbocycles. The van der Waals surface area contributed by atoms with E-state index in [-0.39, 0.29) is 11.9 Å². The molecule has 1 fully saturated rings. The van der Waals surface area contributed by atoms with Gasteiger partial charge in [0.1, 0.15) is 11.6 Å². The summed E-state index contributed by atoms with van der Waals surface area (Å²) >= 11 is 0. The molecule has 5 heteroatoms. The number of amides is 1. The second-order valence-electron chi connectivity index (χ2n) is 4.60. The molecule has 1 atom stereocenters. The quantitative estimate of drug-likeness (QED) is 0.875. The van der Waals surface area contributed by atoms with Gasteiger partial charge in [0, 0.05) is 24.5 Å². The maximum Gasteiger partial charge on any atom is 0.222 e. The average molecular weight is 257 g/mol. The van der Waals surface area contributed by atoms with Gasteiger partial charge < -0.3 is 15.4 Å². The summed E-state index contributed by atoms with van der Waals surface area (Å²) in [5.74, 6) is 1.66. The minimum atomic E-state index is 0.0790. The molecule has 1 aliphatic heterocycles. The van der Waals surface area contributed by atoms with E-state index in [0.29, 0.717) is 13.0 Å². The van der Waals surface area contributed by atoms with Crippen molar-refractivity contribution in [1.82, 2.24) is 10.3 Å². The second-order valence-corrected chi connectivity index (χ2v) is 4.60. The molecule has 0 bridgehead atoms. The number of hydrogen-bond acceptors (Lipinski definition) is 4. The summed E-state index contributed by atoms with van der Waals surface area (Å²) in [5.41, 5.74) is 0. The first kappa shape index (κ1) is 11.8. The van der Waals surface area contributed by atoms with Gasteiger partial charge in [-0.15, -0.1) is 0 Å². The molecule has 1 saturated heterocycles. The summed E-state index contributed by atoms with van der Waals surface area (Å²) in [5, 5.41) is 8.22. The van der Waals surface area contributed by atoms with Gasteiger partial charge in [-0.1, -0.05) is 6.07 Å². The Hall–Kier alpha value is -2.30. The Bertz CT molecular complexity index is 627. The van der Waals surface area contributed by atoms with Crippen molar-refractivity contribution in [3.05, 3.63) is 30.5 Å². The highest BCUT2D eigenvalue weighted by Gasteiger charge is 2.21. The number of carbonyl (C=O) groups excluding carboxylic acids is 1. The molecule has 1 amide bonds. The molecule has 2 heterocycles. The zero-order valence-corrected chi connectivity index (χ0v) is 10.6. The molecule has 1 unspecified atom stereocenters. The topological polar surface area (TPSA) is 63.2 Å². The van der Waals surface area contributed by atoms with Gasteiger partial charge in [0.15, 0.2) is 0 Å². The molecule has 3 rings (SSSR count). The van der Waals surface area contributed by atoms with E-state index in [4.69, 9.17) is 4.74 Å². The number of benzene rings is 1. The number of rotatable bonds is 3. The fraction of sp³-hybridized carbons (Fsp3) is 0.286. The molecule has 98 valence electrons. The van der Waals surface area contributed by atoms with Gasteiger partial charge in [-0.3, -0.25) is 4.79 Å². The number of aromatic nitrogens is 1. The molecule has 0 radical (unpaired) electrons. The largest absolute Gasteiger partial charge is 0.497 e. The van der Waals surface area contributed by atoms with Crippen LogP contribution in [0.5, 0.6) is 5.75 Å². The Kier molecular flexibility index (Phi) is 2.95. The molecule has 2 N–H and O–H groups in total. The van der Waals surface area contributed by atoms with E-state index in [1.165, 1.54) is 0 Å². The van der Waals surface area contributed by atoms with Crippen LogP contribution < -0.4 is 15.4 Å². The fourth-order valence-corrected chi connectivity index (χ4v) is 2.29. The summed E-state index contributed by atoms with van der Waals surface area (Å²) in [4.78, 5) is 15.6. The monoisotopic (exact) mass is 257 g/mol. The highest BCUT2D eigenvalue weighted by molar-refractivity contribution is 5.93. The van der Waals surface area contributed by atoms with Crippen molar-refractivity contribution in [2.45, 2.75) is 12.5 Å². The van der Waals surface area contributed by atoms with E-state index in [1.807, 2.05) is 24.3 Å². The van der Waals surface area contributed by atoms with Crippen LogP contribution in [0.4, 0.5) is 5.82 Å². The third kappa shape index (κ3) is 2.31. The van der Waals surface area contributed by atoms with Crippen molar-refractivity contribution in [1.29, 1.82) is 0 Å². The van der Waals surface area contributed by atoms with Gasteiger partial charge in [0.2, 0.25) is 5.91 Å². The van der Waals surface area contributed by atoms with Crippen molar-refractivity contribution in [2.24, 2.45) is 0 Å². The predicted octanol–water partition coefficient (Wildman–Crippen LogP) is 1.54. The van der Waals surface area contributed by atoms with E-state index in [0.717, 1.165) is 22.3 Å². The molecule has 1 aliphatic rings. The van der Waals surface area contributed by atoms with Crippen LogP contribution in [0, 0.1) is 0 Å². The van der Waals surface area contributed by atoms with Crippen molar-refractivity contribution in [3.63, 3.8) is 0 Å². The number of hydrogen-bond donors (Lipinski definition) is 2. The Morgan fingerprint density at radius 2 is 2.32 bits per heavy atom. The Labute approximate surface area is 111 Å². The second kappa shape index (κ2) is 4.76. The van der Waals surface area contributed by atoms with E-state index >= 15 is 0 Å². The number of nitrogens with one attached hydrogen (secondary N) is 2. The minimum absolute atomic E-state index is 0.0790. The van der Waals surface area contributed by atoms with Crippen LogP contribution in [0.25, 0.3) is 10.8 Å². The third-order valence-corrected chi connectivity index (χ3v) is 3.29. The predicted molar refractivity (Wildman–Crippen MR) is 73.3 cm³/mol. The summed E-state index contributed by atoms with van der Waals surface area (Å²) < 4.78 is 5.24. The molecule has 1 aromatic heterocycles. The summed E-state index contributed by atoms with van der Waals surface area (Å²) in [7, 11) is 1.64. The van der Waals surface area contributed by atoms with Crippen molar-refractivity contribution < 1.29 is 9.53 Å². The standard InChI is InChI=1S/C14H15N3O2/c1-19-11-3-2-9-4-5-15-14(12(9)7-11)17-10-6-13(18)16-8-10/h2-5,7,10H,6,8H2,1H3,(H,15,17)(H,16,18). The lowest BCUT2D eigenvalue weighted by molar-refractivity contribution is -0.119. The average Bonchev–Trinajstić information content (AvgIpc) is 2.84. The Morgan fingerprint density at radius 1 is 1.42 bits per heavy atom. The van der Waals surface area contributed by atoms with Gasteiger partial charge in [-0.25, -0.2) is 4.98 Å². The van der Waals surface area contributed by atoms with Crippen molar-refractivity contribution in [3.8, 4) is 5.75 Å². The molecule has 19 heavy (non-hydrogen) atoms. The summed E-state index contributed by atoms with van der Waals surface area (Å²) in [6.45, 7) is 0.640. The van der Waals surface area contributed by atoms with Crippen LogP contribution in [-0.4, -0.2) is 30.6 Å². The van der Waals surface area contributed by atoms with Crippen LogP contribution in [0.1, 0.15) is 6.42 Å². The number of nitrogens with zero attached hydrogens (tertiary/aromatic N) is 1. The smallest absolute Gasteiger partial charge is 0.222 e. The van der Waals surface area contributed by atoms with Crippen LogP contribution in [0.2, 0.25) is 0 Å². The van der Waals surface area contributed by atoms with Gasteiger partial charge in [0.05, 0.1) is 13.2 Å². The minimum Gasteiger partial charge on any atom is -0.497 e. The Morgan fingerprint density at radius 3 is 3.05 bits per heavy atom. The van der Waals surface area contributed by atoms with E-state index in [9.17, 15) is 4.79 Å². The maximum atomic E-state index is 11.2. The number of anilines is 1. The normalized spacial score (nSPS) is 18.4. The van der Waals surface area contributed by atoms with Gasteiger partial charge >= 0.3 is 0 Å². The molecule has 2 aromatic rings. The van der Waals surface area contributed by atoms with Crippen LogP contribution in [-0.2, 0) is 4.79 Å². The van der Waals surface area contributed by atoms with E-state index in [2.05, 4.69) is 15.6 Å². The van der Waals surface area contributed by atoms with Gasteiger partial charge in [-0.2, -0.15) is 0 Å². The Balaban J connectivity index is 1.95. The van der Waals surface area contributed by atoms with E-state index in [1.54, 1.807) is 13.3 Å². The molecule has 5 nitrogen and oxygen atoms in total. The first-order valence-electron chi connectivity index (χ1n) is 6.22. The third-order valence-electron chi connectivity index (χ3n) is 3.29. The van der Waals surface area contributed by atoms with Gasteiger partial charge in [-0.05, 0) is 23.6 Å². The molecular weight excluding hydrogens is 242 g/mol. The first-order valence-corrected chi connectivity index (χ1v) is 6.22. The van der Waals surface area contributed by atoms with Crippen LogP contribution in [0.15, 0.2) is 30.5 Å². The lowest BCUT2D eigenvalue weighted by atomic mass is 10.1. The lowest BCUT2D eigenvalue weighted by Gasteiger charge is -2.13. The SMILES string of the molecule is COc1ccc2ccnc(NC3CNC(=O)C3)c2c1. The lowest BCUT2D eigenvalue weighted by Crippen LogP contribution is -2.22. The fourth-order valence-electron chi connectivity index (χ4n) is 2.29. The highest BCUT2D eigenvalue weighted by Crippen LogP contribution is 2.26. The van der Waals surface area contributed by atoms with Crippen molar-refractivity contribution >= 4 is 22.5 Å². The number of ether oxygens (including phenoxy) is 1.